The van der Waals surface area contributed by atoms with Crippen LogP contribution < -0.4 is 4.74 Å². The summed E-state index contributed by atoms with van der Waals surface area (Å²) in [7, 11) is 1.60. The summed E-state index contributed by atoms with van der Waals surface area (Å²) in [4.78, 5) is 18.2. The summed E-state index contributed by atoms with van der Waals surface area (Å²) >= 11 is 3.62. The maximum absolute atomic E-state index is 14.7. The molecule has 0 radical (unpaired) electrons. The van der Waals surface area contributed by atoms with Crippen molar-refractivity contribution in [3.8, 4) is 5.75 Å². The number of piperidine rings is 1. The Balaban J connectivity index is 1.34. The first-order valence-corrected chi connectivity index (χ1v) is 13.6. The molecule has 5 nitrogen and oxygen atoms in total. The summed E-state index contributed by atoms with van der Waals surface area (Å²) in [5, 5.41) is 12.4. The van der Waals surface area contributed by atoms with Gasteiger partial charge in [0.15, 0.2) is 0 Å². The number of carboxylic acids is 1. The van der Waals surface area contributed by atoms with E-state index in [2.05, 4.69) is 27.4 Å². The number of carboxylic acid groups (broad SMARTS) is 1. The van der Waals surface area contributed by atoms with Crippen LogP contribution in [0.4, 0.5) is 4.39 Å². The largest absolute Gasteiger partial charge is 0.497 e. The first-order valence-electron chi connectivity index (χ1n) is 11.7. The standard InChI is InChI=1S/C26H31FN2O3S2/c1-32-20-7-8-24-22(15-20)21(23(27)16-28-24)5-2-4-18-9-10-29(17-19(18)14-25(30)31)11-13-34-26-6-3-12-33-26/h3,6-8,12,15-16,18-19H,2,4-5,9-11,13-14,17H2,1H3,(H,30,31). The van der Waals surface area contributed by atoms with Crippen molar-refractivity contribution in [3.05, 3.63) is 53.3 Å². The highest BCUT2D eigenvalue weighted by molar-refractivity contribution is 8.01. The van der Waals surface area contributed by atoms with Gasteiger partial charge in [-0.3, -0.25) is 9.78 Å². The maximum atomic E-state index is 14.7. The Labute approximate surface area is 208 Å². The topological polar surface area (TPSA) is 62.7 Å². The zero-order valence-corrected chi connectivity index (χ0v) is 21.0. The highest BCUT2D eigenvalue weighted by Gasteiger charge is 2.30. The van der Waals surface area contributed by atoms with Crippen LogP contribution in [-0.4, -0.2) is 53.5 Å². The number of ether oxygens (including phenoxy) is 1. The van der Waals surface area contributed by atoms with Gasteiger partial charge in [-0.1, -0.05) is 6.07 Å². The molecule has 8 heteroatoms. The molecular weight excluding hydrogens is 471 g/mol. The number of fused-ring (bicyclic) bond motifs is 1. The molecule has 1 aliphatic rings. The molecule has 1 aliphatic heterocycles. The summed E-state index contributed by atoms with van der Waals surface area (Å²) < 4.78 is 21.3. The highest BCUT2D eigenvalue weighted by atomic mass is 32.2. The van der Waals surface area contributed by atoms with Crippen LogP contribution in [0.2, 0.25) is 0 Å². The zero-order valence-electron chi connectivity index (χ0n) is 19.4. The molecule has 0 bridgehead atoms. The number of pyridine rings is 1. The van der Waals surface area contributed by atoms with Crippen molar-refractivity contribution in [2.24, 2.45) is 11.8 Å². The van der Waals surface area contributed by atoms with Gasteiger partial charge in [0.1, 0.15) is 11.6 Å². The van der Waals surface area contributed by atoms with Crippen molar-refractivity contribution in [1.29, 1.82) is 0 Å². The number of methoxy groups -OCH3 is 1. The van der Waals surface area contributed by atoms with Crippen LogP contribution >= 0.6 is 23.1 Å². The molecule has 2 unspecified atom stereocenters. The van der Waals surface area contributed by atoms with Crippen LogP contribution in [0.15, 0.2) is 46.1 Å². The zero-order chi connectivity index (χ0) is 23.9. The number of hydrogen-bond donors (Lipinski definition) is 1. The summed E-state index contributed by atoms with van der Waals surface area (Å²) in [5.74, 6) is 1.17. The fourth-order valence-electron chi connectivity index (χ4n) is 4.94. The second-order valence-corrected chi connectivity index (χ2v) is 11.2. The van der Waals surface area contributed by atoms with Crippen LogP contribution in [0.25, 0.3) is 10.9 Å². The van der Waals surface area contributed by atoms with Crippen molar-refractivity contribution in [3.63, 3.8) is 0 Å². The van der Waals surface area contributed by atoms with Crippen LogP contribution in [0.3, 0.4) is 0 Å². The molecule has 1 aromatic carbocycles. The quantitative estimate of drug-likeness (QED) is 0.326. The van der Waals surface area contributed by atoms with Gasteiger partial charge in [0.05, 0.1) is 23.0 Å². The second-order valence-electron chi connectivity index (χ2n) is 8.85. The second kappa shape index (κ2) is 12.0. The molecule has 0 spiro atoms. The van der Waals surface area contributed by atoms with E-state index in [4.69, 9.17) is 4.74 Å². The van der Waals surface area contributed by atoms with Gasteiger partial charge >= 0.3 is 5.97 Å². The Bertz CT molecular complexity index is 1090. The Morgan fingerprint density at radius 3 is 3.00 bits per heavy atom. The van der Waals surface area contributed by atoms with Crippen LogP contribution in [0, 0.1) is 17.7 Å². The van der Waals surface area contributed by atoms with Gasteiger partial charge in [0.25, 0.3) is 0 Å². The van der Waals surface area contributed by atoms with Crippen molar-refractivity contribution >= 4 is 40.0 Å². The molecule has 2 atom stereocenters. The number of likely N-dealkylation sites (tertiary alicyclic amines) is 1. The lowest BCUT2D eigenvalue weighted by atomic mass is 9.80. The summed E-state index contributed by atoms with van der Waals surface area (Å²) in [6, 6.07) is 9.74. The molecule has 1 saturated heterocycles. The fourth-order valence-corrected chi connectivity index (χ4v) is 6.80. The third kappa shape index (κ3) is 6.49. The third-order valence-electron chi connectivity index (χ3n) is 6.70. The van der Waals surface area contributed by atoms with E-state index in [-0.39, 0.29) is 18.2 Å². The number of rotatable bonds is 11. The molecular formula is C26H31FN2O3S2. The first-order chi connectivity index (χ1) is 16.5. The number of nitrogens with zero attached hydrogens (tertiary/aromatic N) is 2. The van der Waals surface area contributed by atoms with E-state index in [9.17, 15) is 14.3 Å². The lowest BCUT2D eigenvalue weighted by Crippen LogP contribution is -2.42. The average molecular weight is 503 g/mol. The predicted molar refractivity (Wildman–Crippen MR) is 137 cm³/mol. The number of aliphatic carboxylic acids is 1. The number of thioether (sulfide) groups is 1. The summed E-state index contributed by atoms with van der Waals surface area (Å²) in [5.41, 5.74) is 1.43. The Hall–Kier alpha value is -2.16. The van der Waals surface area contributed by atoms with Gasteiger partial charge in [0.2, 0.25) is 0 Å². The Morgan fingerprint density at radius 1 is 1.35 bits per heavy atom. The minimum absolute atomic E-state index is 0.136. The number of halogens is 1. The molecule has 1 N–H and O–H groups in total. The SMILES string of the molecule is COc1ccc2ncc(F)c(CCCC3CCN(CCSc4cccs4)CC3CC(=O)O)c2c1. The lowest BCUT2D eigenvalue weighted by molar-refractivity contribution is -0.139. The van der Waals surface area contributed by atoms with Gasteiger partial charge in [0, 0.05) is 30.6 Å². The highest BCUT2D eigenvalue weighted by Crippen LogP contribution is 2.33. The number of carbonyl (C=O) groups is 1. The van der Waals surface area contributed by atoms with Gasteiger partial charge in [-0.05, 0) is 79.3 Å². The molecule has 182 valence electrons. The van der Waals surface area contributed by atoms with Gasteiger partial charge in [-0.2, -0.15) is 0 Å². The van der Waals surface area contributed by atoms with Crippen LogP contribution in [0.1, 0.15) is 31.2 Å². The monoisotopic (exact) mass is 502 g/mol. The smallest absolute Gasteiger partial charge is 0.303 e. The van der Waals surface area contributed by atoms with Crippen molar-refractivity contribution < 1.29 is 19.0 Å². The molecule has 1 fully saturated rings. The number of aryl methyl sites for hydroxylation is 1. The van der Waals surface area contributed by atoms with Crippen LogP contribution in [0.5, 0.6) is 5.75 Å². The molecule has 2 aromatic heterocycles. The van der Waals surface area contributed by atoms with Crippen molar-refractivity contribution in [2.45, 2.75) is 36.3 Å². The first kappa shape index (κ1) is 24.9. The van der Waals surface area contributed by atoms with Gasteiger partial charge in [-0.15, -0.1) is 23.1 Å². The average Bonchev–Trinajstić information content (AvgIpc) is 3.34. The third-order valence-corrected chi connectivity index (χ3v) is 8.81. The van der Waals surface area contributed by atoms with E-state index in [1.165, 1.54) is 10.4 Å². The number of thiophene rings is 1. The molecule has 0 amide bonds. The molecule has 4 rings (SSSR count). The number of hydrogen-bond acceptors (Lipinski definition) is 6. The summed E-state index contributed by atoms with van der Waals surface area (Å²) in [6.45, 7) is 2.79. The van der Waals surface area contributed by atoms with E-state index in [1.807, 2.05) is 30.0 Å². The van der Waals surface area contributed by atoms with E-state index < -0.39 is 5.97 Å². The minimum Gasteiger partial charge on any atom is -0.497 e. The van der Waals surface area contributed by atoms with Crippen molar-refractivity contribution in [1.82, 2.24) is 9.88 Å². The van der Waals surface area contributed by atoms with E-state index >= 15 is 0 Å². The van der Waals surface area contributed by atoms with Crippen LogP contribution in [-0.2, 0) is 11.2 Å². The molecule has 3 aromatic rings. The fraction of sp³-hybridized carbons (Fsp3) is 0.462. The Kier molecular flexibility index (Phi) is 8.80. The minimum atomic E-state index is -0.733. The van der Waals surface area contributed by atoms with Gasteiger partial charge in [-0.25, -0.2) is 4.39 Å². The lowest BCUT2D eigenvalue weighted by Gasteiger charge is -2.38. The number of benzene rings is 1. The Morgan fingerprint density at radius 2 is 2.24 bits per heavy atom. The molecule has 0 aliphatic carbocycles. The molecule has 3 heterocycles. The summed E-state index contributed by atoms with van der Waals surface area (Å²) in [6.07, 6.45) is 4.82. The number of aromatic nitrogens is 1. The van der Waals surface area contributed by atoms with E-state index in [0.29, 0.717) is 23.7 Å². The predicted octanol–water partition coefficient (Wildman–Crippen LogP) is 5.97. The van der Waals surface area contributed by atoms with Crippen molar-refractivity contribution in [2.75, 3.05) is 32.5 Å². The molecule has 34 heavy (non-hydrogen) atoms. The normalized spacial score (nSPS) is 18.9. The molecule has 0 saturated carbocycles. The van der Waals surface area contributed by atoms with E-state index in [0.717, 1.165) is 55.6 Å². The maximum Gasteiger partial charge on any atom is 0.303 e. The van der Waals surface area contributed by atoms with Gasteiger partial charge < -0.3 is 14.7 Å². The van der Waals surface area contributed by atoms with E-state index in [1.54, 1.807) is 18.4 Å².